The van der Waals surface area contributed by atoms with Gasteiger partial charge in [-0.3, -0.25) is 4.79 Å². The summed E-state index contributed by atoms with van der Waals surface area (Å²) in [5.74, 6) is -0.122. The minimum absolute atomic E-state index is 0.00376. The van der Waals surface area contributed by atoms with Gasteiger partial charge < -0.3 is 14.4 Å². The van der Waals surface area contributed by atoms with Crippen LogP contribution in [-0.2, 0) is 24.5 Å². The molecule has 1 fully saturated rings. The number of hydrogen-bond acceptors (Lipinski definition) is 5. The van der Waals surface area contributed by atoms with E-state index in [-0.39, 0.29) is 12.5 Å². The molecule has 9 heteroatoms. The molecule has 20 heavy (non-hydrogen) atoms. The Hall–Kier alpha value is -0.740. The number of piperazine rings is 1. The van der Waals surface area contributed by atoms with Crippen molar-refractivity contribution in [3.63, 3.8) is 0 Å². The van der Waals surface area contributed by atoms with E-state index in [9.17, 15) is 13.2 Å². The zero-order valence-corrected chi connectivity index (χ0v) is 13.1. The highest BCUT2D eigenvalue weighted by Crippen LogP contribution is 2.09. The largest absolute Gasteiger partial charge is 0.382 e. The molecular formula is C11H23N3O5S. The molecule has 0 aromatic heterocycles. The summed E-state index contributed by atoms with van der Waals surface area (Å²) in [4.78, 5) is 13.5. The molecule has 0 radical (unpaired) electrons. The minimum Gasteiger partial charge on any atom is -0.382 e. The van der Waals surface area contributed by atoms with Crippen LogP contribution >= 0.6 is 0 Å². The van der Waals surface area contributed by atoms with Gasteiger partial charge in [0.25, 0.3) is 10.2 Å². The van der Waals surface area contributed by atoms with Crippen LogP contribution in [0.3, 0.4) is 0 Å². The zero-order valence-electron chi connectivity index (χ0n) is 12.2. The van der Waals surface area contributed by atoms with Gasteiger partial charge in [-0.25, -0.2) is 0 Å². The predicted molar refractivity (Wildman–Crippen MR) is 73.5 cm³/mol. The first kappa shape index (κ1) is 17.3. The van der Waals surface area contributed by atoms with E-state index in [1.807, 2.05) is 0 Å². The van der Waals surface area contributed by atoms with Crippen LogP contribution in [0.25, 0.3) is 0 Å². The summed E-state index contributed by atoms with van der Waals surface area (Å²) in [7, 11) is 1.17. The number of nitrogens with zero attached hydrogens (tertiary/aromatic N) is 3. The van der Waals surface area contributed by atoms with Crippen molar-refractivity contribution in [2.45, 2.75) is 0 Å². The maximum absolute atomic E-state index is 11.9. The molecule has 0 atom stereocenters. The second-order valence-corrected chi connectivity index (χ2v) is 6.76. The monoisotopic (exact) mass is 309 g/mol. The van der Waals surface area contributed by atoms with Crippen molar-refractivity contribution in [3.05, 3.63) is 0 Å². The molecule has 1 aliphatic heterocycles. The Morgan fingerprint density at radius 3 is 2.25 bits per heavy atom. The Morgan fingerprint density at radius 2 is 1.75 bits per heavy atom. The third kappa shape index (κ3) is 4.67. The second-order valence-electron chi connectivity index (χ2n) is 4.62. The van der Waals surface area contributed by atoms with Gasteiger partial charge in [-0.05, 0) is 0 Å². The molecule has 0 N–H and O–H groups in total. The van der Waals surface area contributed by atoms with Crippen LogP contribution in [0.5, 0.6) is 0 Å². The van der Waals surface area contributed by atoms with Gasteiger partial charge in [0, 0.05) is 47.4 Å². The molecule has 0 saturated carbocycles. The summed E-state index contributed by atoms with van der Waals surface area (Å²) < 4.78 is 36.4. The van der Waals surface area contributed by atoms with Gasteiger partial charge in [-0.1, -0.05) is 0 Å². The van der Waals surface area contributed by atoms with Crippen LogP contribution in [0.15, 0.2) is 0 Å². The standard InChI is InChI=1S/C11H23N3O5S/c1-12(2)20(16,17)14-6-4-13(5-7-14)11(15)10-19-9-8-18-3/h4-10H2,1-3H3. The van der Waals surface area contributed by atoms with Crippen molar-refractivity contribution in [2.75, 3.05) is 67.2 Å². The first-order valence-electron chi connectivity index (χ1n) is 6.41. The van der Waals surface area contributed by atoms with Gasteiger partial charge in [0.2, 0.25) is 5.91 Å². The van der Waals surface area contributed by atoms with Crippen LogP contribution in [0.2, 0.25) is 0 Å². The topological polar surface area (TPSA) is 79.4 Å². The van der Waals surface area contributed by atoms with E-state index >= 15 is 0 Å². The van der Waals surface area contributed by atoms with Crippen molar-refractivity contribution in [3.8, 4) is 0 Å². The lowest BCUT2D eigenvalue weighted by Gasteiger charge is -2.35. The maximum Gasteiger partial charge on any atom is 0.281 e. The van der Waals surface area contributed by atoms with Gasteiger partial charge >= 0.3 is 0 Å². The molecular weight excluding hydrogens is 286 g/mol. The van der Waals surface area contributed by atoms with Crippen molar-refractivity contribution >= 4 is 16.1 Å². The molecule has 0 aromatic rings. The van der Waals surface area contributed by atoms with Gasteiger partial charge in [-0.2, -0.15) is 17.0 Å². The van der Waals surface area contributed by atoms with Crippen LogP contribution in [0, 0.1) is 0 Å². The number of methoxy groups -OCH3 is 1. The lowest BCUT2D eigenvalue weighted by atomic mass is 10.3. The summed E-state index contributed by atoms with van der Waals surface area (Å²) in [6.45, 7) is 2.22. The molecule has 0 unspecified atom stereocenters. The van der Waals surface area contributed by atoms with Gasteiger partial charge in [0.05, 0.1) is 13.2 Å². The summed E-state index contributed by atoms with van der Waals surface area (Å²) in [6, 6.07) is 0. The molecule has 0 aromatic carbocycles. The Labute approximate surface area is 120 Å². The lowest BCUT2D eigenvalue weighted by Crippen LogP contribution is -2.53. The average molecular weight is 309 g/mol. The van der Waals surface area contributed by atoms with Crippen LogP contribution < -0.4 is 0 Å². The molecule has 0 bridgehead atoms. The summed E-state index contributed by atoms with van der Waals surface area (Å²) in [5.41, 5.74) is 0. The fraction of sp³-hybridized carbons (Fsp3) is 0.909. The van der Waals surface area contributed by atoms with E-state index in [0.29, 0.717) is 39.4 Å². The highest BCUT2D eigenvalue weighted by atomic mass is 32.2. The SMILES string of the molecule is COCCOCC(=O)N1CCN(S(=O)(=O)N(C)C)CC1. The van der Waals surface area contributed by atoms with Crippen LogP contribution in [-0.4, -0.2) is 95.0 Å². The molecule has 118 valence electrons. The molecule has 1 amide bonds. The van der Waals surface area contributed by atoms with Crippen LogP contribution in [0.4, 0.5) is 0 Å². The molecule has 1 heterocycles. The van der Waals surface area contributed by atoms with Gasteiger partial charge in [0.1, 0.15) is 6.61 Å². The molecule has 1 aliphatic rings. The smallest absolute Gasteiger partial charge is 0.281 e. The number of amides is 1. The van der Waals surface area contributed by atoms with Crippen LogP contribution in [0.1, 0.15) is 0 Å². The number of carbonyl (C=O) groups is 1. The quantitative estimate of drug-likeness (QED) is 0.541. The fourth-order valence-electron chi connectivity index (χ4n) is 1.79. The second kappa shape index (κ2) is 7.89. The molecule has 0 spiro atoms. The van der Waals surface area contributed by atoms with E-state index in [2.05, 4.69) is 0 Å². The highest BCUT2D eigenvalue weighted by Gasteiger charge is 2.29. The van der Waals surface area contributed by atoms with Crippen molar-refractivity contribution in [1.29, 1.82) is 0 Å². The Kier molecular flexibility index (Phi) is 6.83. The maximum atomic E-state index is 11.9. The molecule has 1 saturated heterocycles. The van der Waals surface area contributed by atoms with E-state index in [4.69, 9.17) is 9.47 Å². The molecule has 1 rings (SSSR count). The Bertz CT molecular complexity index is 404. The number of carbonyl (C=O) groups excluding carboxylic acids is 1. The third-order valence-corrected chi connectivity index (χ3v) is 4.98. The predicted octanol–water partition coefficient (Wildman–Crippen LogP) is -1.40. The lowest BCUT2D eigenvalue weighted by molar-refractivity contribution is -0.137. The average Bonchev–Trinajstić information content (AvgIpc) is 2.43. The van der Waals surface area contributed by atoms with Crippen molar-refractivity contribution in [1.82, 2.24) is 13.5 Å². The number of rotatable bonds is 7. The first-order valence-corrected chi connectivity index (χ1v) is 7.81. The molecule has 0 aliphatic carbocycles. The van der Waals surface area contributed by atoms with E-state index in [1.165, 1.54) is 22.7 Å². The summed E-state index contributed by atoms with van der Waals surface area (Å²) >= 11 is 0. The highest BCUT2D eigenvalue weighted by molar-refractivity contribution is 7.86. The fourth-order valence-corrected chi connectivity index (χ4v) is 2.88. The number of ether oxygens (including phenoxy) is 2. The normalized spacial score (nSPS) is 17.7. The van der Waals surface area contributed by atoms with Crippen molar-refractivity contribution < 1.29 is 22.7 Å². The zero-order chi connectivity index (χ0) is 15.2. The Morgan fingerprint density at radius 1 is 1.15 bits per heavy atom. The minimum atomic E-state index is -3.39. The Balaban J connectivity index is 2.37. The first-order chi connectivity index (χ1) is 9.39. The van der Waals surface area contributed by atoms with Crippen molar-refractivity contribution in [2.24, 2.45) is 0 Å². The molecule has 8 nitrogen and oxygen atoms in total. The van der Waals surface area contributed by atoms with E-state index in [0.717, 1.165) is 0 Å². The summed E-state index contributed by atoms with van der Waals surface area (Å²) in [5, 5.41) is 0. The number of hydrogen-bond donors (Lipinski definition) is 0. The van der Waals surface area contributed by atoms with Gasteiger partial charge in [-0.15, -0.1) is 0 Å². The third-order valence-electron chi connectivity index (χ3n) is 3.04. The van der Waals surface area contributed by atoms with E-state index < -0.39 is 10.2 Å². The summed E-state index contributed by atoms with van der Waals surface area (Å²) in [6.07, 6.45) is 0. The van der Waals surface area contributed by atoms with E-state index in [1.54, 1.807) is 12.0 Å². The van der Waals surface area contributed by atoms with Gasteiger partial charge in [0.15, 0.2) is 0 Å².